The van der Waals surface area contributed by atoms with E-state index in [0.717, 1.165) is 73.1 Å². The minimum atomic E-state index is -0.0487. The van der Waals surface area contributed by atoms with Gasteiger partial charge in [0, 0.05) is 28.8 Å². The standard InChI is InChI=1S/C26H32N4O2/c1-3-4-7-17(2)27-25(31)20-12-10-18(11-13-20)24-29-22-15-14-21(16-23(22)30-24)28-26(32)19-8-5-6-9-19/h10-17,19H,3-9H2,1-2H3,(H,27,31)(H,28,32)(H,29,30). The van der Waals surface area contributed by atoms with Gasteiger partial charge in [-0.2, -0.15) is 0 Å². The molecule has 1 unspecified atom stereocenters. The van der Waals surface area contributed by atoms with E-state index in [-0.39, 0.29) is 23.8 Å². The van der Waals surface area contributed by atoms with Crippen LogP contribution in [0.5, 0.6) is 0 Å². The number of carbonyl (C=O) groups is 2. The van der Waals surface area contributed by atoms with E-state index in [1.165, 1.54) is 0 Å². The summed E-state index contributed by atoms with van der Waals surface area (Å²) in [6, 6.07) is 13.4. The Balaban J connectivity index is 1.44. The largest absolute Gasteiger partial charge is 0.350 e. The van der Waals surface area contributed by atoms with Crippen LogP contribution in [0.1, 0.15) is 69.2 Å². The number of nitrogens with zero attached hydrogens (tertiary/aromatic N) is 1. The first kappa shape index (κ1) is 22.1. The number of hydrogen-bond acceptors (Lipinski definition) is 3. The van der Waals surface area contributed by atoms with Crippen molar-refractivity contribution in [3.63, 3.8) is 0 Å². The second-order valence-electron chi connectivity index (χ2n) is 8.88. The van der Waals surface area contributed by atoms with E-state index in [2.05, 4.69) is 27.5 Å². The van der Waals surface area contributed by atoms with Crippen molar-refractivity contribution in [3.05, 3.63) is 48.0 Å². The Hall–Kier alpha value is -3.15. The lowest BCUT2D eigenvalue weighted by Crippen LogP contribution is -2.32. The molecule has 2 amide bonds. The quantitative estimate of drug-likeness (QED) is 0.429. The number of aromatic nitrogens is 2. The number of nitrogens with one attached hydrogen (secondary N) is 3. The SMILES string of the molecule is CCCCC(C)NC(=O)c1ccc(-c2nc3ccc(NC(=O)C4CCCC4)cc3[nH]2)cc1. The van der Waals surface area contributed by atoms with Gasteiger partial charge in [-0.05, 0) is 56.5 Å². The average Bonchev–Trinajstić information content (AvgIpc) is 3.47. The lowest BCUT2D eigenvalue weighted by atomic mass is 10.1. The molecule has 32 heavy (non-hydrogen) atoms. The molecule has 0 saturated heterocycles. The van der Waals surface area contributed by atoms with Gasteiger partial charge in [-0.15, -0.1) is 0 Å². The molecule has 0 radical (unpaired) electrons. The fourth-order valence-electron chi connectivity index (χ4n) is 4.33. The van der Waals surface area contributed by atoms with Crippen molar-refractivity contribution >= 4 is 28.5 Å². The summed E-state index contributed by atoms with van der Waals surface area (Å²) < 4.78 is 0. The molecule has 1 atom stereocenters. The molecule has 1 aliphatic carbocycles. The molecule has 4 rings (SSSR count). The van der Waals surface area contributed by atoms with Crippen LogP contribution in [0.25, 0.3) is 22.4 Å². The van der Waals surface area contributed by atoms with Crippen molar-refractivity contribution in [2.75, 3.05) is 5.32 Å². The number of anilines is 1. The number of hydrogen-bond donors (Lipinski definition) is 3. The average molecular weight is 433 g/mol. The fourth-order valence-corrected chi connectivity index (χ4v) is 4.33. The van der Waals surface area contributed by atoms with Crippen molar-refractivity contribution in [2.24, 2.45) is 5.92 Å². The van der Waals surface area contributed by atoms with E-state index in [4.69, 9.17) is 0 Å². The number of imidazole rings is 1. The van der Waals surface area contributed by atoms with Gasteiger partial charge in [-0.3, -0.25) is 9.59 Å². The maximum Gasteiger partial charge on any atom is 0.251 e. The second-order valence-corrected chi connectivity index (χ2v) is 8.88. The second kappa shape index (κ2) is 9.98. The van der Waals surface area contributed by atoms with Crippen LogP contribution in [0.15, 0.2) is 42.5 Å². The minimum absolute atomic E-state index is 0.0487. The van der Waals surface area contributed by atoms with E-state index < -0.39 is 0 Å². The van der Waals surface area contributed by atoms with E-state index in [9.17, 15) is 9.59 Å². The Morgan fingerprint density at radius 3 is 2.59 bits per heavy atom. The van der Waals surface area contributed by atoms with Crippen LogP contribution >= 0.6 is 0 Å². The predicted octanol–water partition coefficient (Wildman–Crippen LogP) is 5.67. The molecule has 6 heteroatoms. The van der Waals surface area contributed by atoms with E-state index >= 15 is 0 Å². The number of rotatable bonds is 8. The minimum Gasteiger partial charge on any atom is -0.350 e. The Labute approximate surface area is 189 Å². The molecule has 0 aliphatic heterocycles. The molecule has 3 aromatic rings. The van der Waals surface area contributed by atoms with Crippen LogP contribution in [0.2, 0.25) is 0 Å². The third-order valence-electron chi connectivity index (χ3n) is 6.26. The summed E-state index contributed by atoms with van der Waals surface area (Å²) in [4.78, 5) is 32.9. The van der Waals surface area contributed by atoms with Gasteiger partial charge in [0.1, 0.15) is 5.82 Å². The smallest absolute Gasteiger partial charge is 0.251 e. The molecule has 0 spiro atoms. The molecule has 3 N–H and O–H groups in total. The van der Waals surface area contributed by atoms with Crippen LogP contribution in [-0.2, 0) is 4.79 Å². The van der Waals surface area contributed by atoms with Gasteiger partial charge < -0.3 is 15.6 Å². The van der Waals surface area contributed by atoms with Crippen molar-refractivity contribution in [2.45, 2.75) is 64.8 Å². The number of carbonyl (C=O) groups excluding carboxylic acids is 2. The lowest BCUT2D eigenvalue weighted by Gasteiger charge is -2.13. The Morgan fingerprint density at radius 2 is 1.88 bits per heavy atom. The van der Waals surface area contributed by atoms with Crippen molar-refractivity contribution in [1.29, 1.82) is 0 Å². The Kier molecular flexibility index (Phi) is 6.88. The molecule has 2 aromatic carbocycles. The van der Waals surface area contributed by atoms with Gasteiger partial charge in [-0.25, -0.2) is 4.98 Å². The highest BCUT2D eigenvalue weighted by molar-refractivity contribution is 5.96. The third kappa shape index (κ3) is 5.18. The number of aromatic amines is 1. The van der Waals surface area contributed by atoms with Crippen LogP contribution in [0.4, 0.5) is 5.69 Å². The maximum atomic E-state index is 12.5. The summed E-state index contributed by atoms with van der Waals surface area (Å²) in [5.41, 5.74) is 4.05. The topological polar surface area (TPSA) is 86.9 Å². The maximum absolute atomic E-state index is 12.5. The normalized spacial score (nSPS) is 15.1. The summed E-state index contributed by atoms with van der Waals surface area (Å²) in [6.45, 7) is 4.19. The van der Waals surface area contributed by atoms with Crippen molar-refractivity contribution in [1.82, 2.24) is 15.3 Å². The highest BCUT2D eigenvalue weighted by atomic mass is 16.2. The zero-order chi connectivity index (χ0) is 22.5. The summed E-state index contributed by atoms with van der Waals surface area (Å²) in [6.07, 6.45) is 7.46. The van der Waals surface area contributed by atoms with Gasteiger partial charge in [-0.1, -0.05) is 44.7 Å². The van der Waals surface area contributed by atoms with E-state index in [1.54, 1.807) is 0 Å². The summed E-state index contributed by atoms with van der Waals surface area (Å²) in [5, 5.41) is 6.10. The Bertz CT molecular complexity index is 1080. The summed E-state index contributed by atoms with van der Waals surface area (Å²) >= 11 is 0. The first-order valence-electron chi connectivity index (χ1n) is 11.8. The summed E-state index contributed by atoms with van der Waals surface area (Å²) in [5.74, 6) is 0.933. The molecule has 1 fully saturated rings. The molecule has 6 nitrogen and oxygen atoms in total. The predicted molar refractivity (Wildman–Crippen MR) is 129 cm³/mol. The van der Waals surface area contributed by atoms with Gasteiger partial charge in [0.2, 0.25) is 5.91 Å². The van der Waals surface area contributed by atoms with Crippen LogP contribution < -0.4 is 10.6 Å². The highest BCUT2D eigenvalue weighted by Gasteiger charge is 2.22. The monoisotopic (exact) mass is 432 g/mol. The number of H-pyrrole nitrogens is 1. The number of amides is 2. The van der Waals surface area contributed by atoms with Gasteiger partial charge in [0.05, 0.1) is 11.0 Å². The zero-order valence-electron chi connectivity index (χ0n) is 18.9. The van der Waals surface area contributed by atoms with Crippen LogP contribution in [0.3, 0.4) is 0 Å². The van der Waals surface area contributed by atoms with Gasteiger partial charge in [0.15, 0.2) is 0 Å². The molecule has 1 aliphatic rings. The molecule has 1 heterocycles. The lowest BCUT2D eigenvalue weighted by molar-refractivity contribution is -0.119. The number of unbranched alkanes of at least 4 members (excludes halogenated alkanes) is 1. The Morgan fingerprint density at radius 1 is 1.12 bits per heavy atom. The zero-order valence-corrected chi connectivity index (χ0v) is 18.9. The number of fused-ring (bicyclic) bond motifs is 1. The number of benzene rings is 2. The van der Waals surface area contributed by atoms with Gasteiger partial charge >= 0.3 is 0 Å². The highest BCUT2D eigenvalue weighted by Crippen LogP contribution is 2.27. The van der Waals surface area contributed by atoms with Crippen LogP contribution in [0, 0.1) is 5.92 Å². The fraction of sp³-hybridized carbons (Fsp3) is 0.423. The van der Waals surface area contributed by atoms with Gasteiger partial charge in [0.25, 0.3) is 5.91 Å². The van der Waals surface area contributed by atoms with Crippen LogP contribution in [-0.4, -0.2) is 27.8 Å². The summed E-state index contributed by atoms with van der Waals surface area (Å²) in [7, 11) is 0. The first-order chi connectivity index (χ1) is 15.5. The molecule has 168 valence electrons. The molecule has 1 aromatic heterocycles. The van der Waals surface area contributed by atoms with Crippen molar-refractivity contribution < 1.29 is 9.59 Å². The first-order valence-corrected chi connectivity index (χ1v) is 11.8. The van der Waals surface area contributed by atoms with Crippen molar-refractivity contribution in [3.8, 4) is 11.4 Å². The molecular weight excluding hydrogens is 400 g/mol. The van der Waals surface area contributed by atoms with E-state index in [0.29, 0.717) is 5.56 Å². The third-order valence-corrected chi connectivity index (χ3v) is 6.26. The molecule has 0 bridgehead atoms. The molecule has 1 saturated carbocycles. The molecular formula is C26H32N4O2. The van der Waals surface area contributed by atoms with E-state index in [1.807, 2.05) is 49.4 Å².